The zero-order valence-corrected chi connectivity index (χ0v) is 7.75. The summed E-state index contributed by atoms with van der Waals surface area (Å²) in [5.41, 5.74) is 1.32. The first kappa shape index (κ1) is 8.42. The van der Waals surface area contributed by atoms with Crippen LogP contribution in [0, 0.1) is 6.79 Å². The highest BCUT2D eigenvalue weighted by Crippen LogP contribution is 2.34. The molecule has 1 aliphatic heterocycles. The van der Waals surface area contributed by atoms with Crippen molar-refractivity contribution >= 4 is 0 Å². The molecule has 2 heteroatoms. The third-order valence-electron chi connectivity index (χ3n) is 2.18. The van der Waals surface area contributed by atoms with Gasteiger partial charge in [0.2, 0.25) is 0 Å². The second-order valence-corrected chi connectivity index (χ2v) is 3.22. The second kappa shape index (κ2) is 3.69. The van der Waals surface area contributed by atoms with Crippen LogP contribution in [0.5, 0.6) is 11.5 Å². The van der Waals surface area contributed by atoms with E-state index in [1.54, 1.807) is 0 Å². The summed E-state index contributed by atoms with van der Waals surface area (Å²) in [7, 11) is 0. The Balaban J connectivity index is 2.12. The van der Waals surface area contributed by atoms with Gasteiger partial charge in [-0.2, -0.15) is 0 Å². The number of fused-ring (bicyclic) bond motifs is 1. The molecule has 0 saturated heterocycles. The minimum absolute atomic E-state index is 0.820. The summed E-state index contributed by atoms with van der Waals surface area (Å²) < 4.78 is 10.3. The van der Waals surface area contributed by atoms with Crippen molar-refractivity contribution in [3.8, 4) is 11.5 Å². The topological polar surface area (TPSA) is 18.5 Å². The number of aryl methyl sites for hydroxylation is 1. The van der Waals surface area contributed by atoms with Gasteiger partial charge in [-0.05, 0) is 30.5 Å². The van der Waals surface area contributed by atoms with Gasteiger partial charge < -0.3 is 9.47 Å². The Bertz CT molecular complexity index is 294. The Kier molecular flexibility index (Phi) is 2.39. The molecule has 0 N–H and O–H groups in total. The van der Waals surface area contributed by atoms with E-state index in [1.165, 1.54) is 25.2 Å². The normalized spacial score (nSPS) is 13.3. The van der Waals surface area contributed by atoms with Crippen LogP contribution in [0.1, 0.15) is 25.3 Å². The zero-order chi connectivity index (χ0) is 9.10. The van der Waals surface area contributed by atoms with Gasteiger partial charge >= 0.3 is 6.79 Å². The van der Waals surface area contributed by atoms with Crippen molar-refractivity contribution in [1.29, 1.82) is 0 Å². The van der Waals surface area contributed by atoms with E-state index in [9.17, 15) is 0 Å². The maximum atomic E-state index is 5.17. The van der Waals surface area contributed by atoms with Gasteiger partial charge in [0.1, 0.15) is 0 Å². The average molecular weight is 177 g/mol. The summed E-state index contributed by atoms with van der Waals surface area (Å²) in [6.45, 7) is 3.56. The predicted molar refractivity (Wildman–Crippen MR) is 50.6 cm³/mol. The molecule has 0 atom stereocenters. The van der Waals surface area contributed by atoms with Crippen LogP contribution in [0.2, 0.25) is 0 Å². The van der Waals surface area contributed by atoms with Crippen LogP contribution in [0.4, 0.5) is 0 Å². The lowest BCUT2D eigenvalue weighted by atomic mass is 10.1. The SMILES string of the molecule is CCCCc1ccc2c(c1)O[CH]O2. The van der Waals surface area contributed by atoms with Crippen LogP contribution in [0.3, 0.4) is 0 Å². The van der Waals surface area contributed by atoms with Gasteiger partial charge in [-0.25, -0.2) is 0 Å². The van der Waals surface area contributed by atoms with E-state index in [2.05, 4.69) is 19.1 Å². The molecule has 0 saturated carbocycles. The summed E-state index contributed by atoms with van der Waals surface area (Å²) in [5, 5.41) is 0. The molecule has 2 nitrogen and oxygen atoms in total. The lowest BCUT2D eigenvalue weighted by molar-refractivity contribution is 0.270. The summed E-state index contributed by atoms with van der Waals surface area (Å²) in [4.78, 5) is 0. The van der Waals surface area contributed by atoms with E-state index in [0.29, 0.717) is 0 Å². The summed E-state index contributed by atoms with van der Waals surface area (Å²) in [6.07, 6.45) is 3.57. The minimum atomic E-state index is 0.820. The Morgan fingerprint density at radius 1 is 1.15 bits per heavy atom. The molecule has 13 heavy (non-hydrogen) atoms. The van der Waals surface area contributed by atoms with E-state index in [-0.39, 0.29) is 0 Å². The lowest BCUT2D eigenvalue weighted by Gasteiger charge is -2.01. The van der Waals surface area contributed by atoms with E-state index in [1.807, 2.05) is 6.07 Å². The van der Waals surface area contributed by atoms with Crippen molar-refractivity contribution in [3.05, 3.63) is 30.6 Å². The largest absolute Gasteiger partial charge is 0.444 e. The van der Waals surface area contributed by atoms with Crippen molar-refractivity contribution in [2.24, 2.45) is 0 Å². The minimum Gasteiger partial charge on any atom is -0.444 e. The molecule has 1 aromatic carbocycles. The second-order valence-electron chi connectivity index (χ2n) is 3.22. The highest BCUT2D eigenvalue weighted by atomic mass is 16.7. The van der Waals surface area contributed by atoms with E-state index in [4.69, 9.17) is 9.47 Å². The molecule has 0 bridgehead atoms. The summed E-state index contributed by atoms with van der Waals surface area (Å²) >= 11 is 0. The number of rotatable bonds is 3. The Hall–Kier alpha value is -1.18. The summed E-state index contributed by atoms with van der Waals surface area (Å²) in [6, 6.07) is 6.11. The van der Waals surface area contributed by atoms with Gasteiger partial charge in [0.05, 0.1) is 0 Å². The molecule has 2 rings (SSSR count). The van der Waals surface area contributed by atoms with Crippen LogP contribution in [-0.2, 0) is 6.42 Å². The molecule has 0 spiro atoms. The molecule has 69 valence electrons. The van der Waals surface area contributed by atoms with E-state index >= 15 is 0 Å². The Morgan fingerprint density at radius 2 is 2.00 bits per heavy atom. The molecule has 0 amide bonds. The van der Waals surface area contributed by atoms with Crippen molar-refractivity contribution in [3.63, 3.8) is 0 Å². The molecule has 1 aliphatic rings. The lowest BCUT2D eigenvalue weighted by Crippen LogP contribution is -1.84. The molecule has 0 aliphatic carbocycles. The average Bonchev–Trinajstić information content (AvgIpc) is 2.61. The maximum absolute atomic E-state index is 5.17. The molecule has 1 radical (unpaired) electrons. The fourth-order valence-electron chi connectivity index (χ4n) is 1.41. The Morgan fingerprint density at radius 3 is 2.85 bits per heavy atom. The maximum Gasteiger partial charge on any atom is 0.316 e. The number of ether oxygens (including phenoxy) is 2. The standard InChI is InChI=1S/C11H13O2/c1-2-3-4-9-5-6-10-11(7-9)13-8-12-10/h5-8H,2-4H2,1H3. The third-order valence-corrected chi connectivity index (χ3v) is 2.18. The van der Waals surface area contributed by atoms with Gasteiger partial charge in [0, 0.05) is 0 Å². The van der Waals surface area contributed by atoms with Gasteiger partial charge in [-0.1, -0.05) is 19.4 Å². The van der Waals surface area contributed by atoms with Crippen molar-refractivity contribution in [1.82, 2.24) is 0 Å². The van der Waals surface area contributed by atoms with Gasteiger partial charge in [0.25, 0.3) is 0 Å². The fourth-order valence-corrected chi connectivity index (χ4v) is 1.41. The van der Waals surface area contributed by atoms with Crippen LogP contribution < -0.4 is 9.47 Å². The number of benzene rings is 1. The zero-order valence-electron chi connectivity index (χ0n) is 7.75. The van der Waals surface area contributed by atoms with Crippen LogP contribution in [0.25, 0.3) is 0 Å². The highest BCUT2D eigenvalue weighted by Gasteiger charge is 2.13. The van der Waals surface area contributed by atoms with Crippen molar-refractivity contribution < 1.29 is 9.47 Å². The van der Waals surface area contributed by atoms with Crippen molar-refractivity contribution in [2.45, 2.75) is 26.2 Å². The molecular formula is C11H13O2. The number of hydrogen-bond donors (Lipinski definition) is 0. The van der Waals surface area contributed by atoms with Crippen molar-refractivity contribution in [2.75, 3.05) is 0 Å². The summed E-state index contributed by atoms with van der Waals surface area (Å²) in [5.74, 6) is 1.66. The monoisotopic (exact) mass is 177 g/mol. The number of unbranched alkanes of at least 4 members (excludes halogenated alkanes) is 1. The molecule has 0 unspecified atom stereocenters. The van der Waals surface area contributed by atoms with E-state index in [0.717, 1.165) is 17.9 Å². The highest BCUT2D eigenvalue weighted by molar-refractivity contribution is 5.45. The first-order chi connectivity index (χ1) is 6.40. The van der Waals surface area contributed by atoms with Gasteiger partial charge in [-0.15, -0.1) is 0 Å². The van der Waals surface area contributed by atoms with Crippen LogP contribution >= 0.6 is 0 Å². The molecule has 1 heterocycles. The smallest absolute Gasteiger partial charge is 0.316 e. The first-order valence-electron chi connectivity index (χ1n) is 4.68. The first-order valence-corrected chi connectivity index (χ1v) is 4.68. The van der Waals surface area contributed by atoms with Gasteiger partial charge in [-0.3, -0.25) is 0 Å². The van der Waals surface area contributed by atoms with Gasteiger partial charge in [0.15, 0.2) is 11.5 Å². The van der Waals surface area contributed by atoms with E-state index < -0.39 is 0 Å². The number of hydrogen-bond acceptors (Lipinski definition) is 2. The third kappa shape index (κ3) is 1.77. The molecule has 1 aromatic rings. The molecule has 0 aromatic heterocycles. The molecular weight excluding hydrogens is 164 g/mol. The quantitative estimate of drug-likeness (QED) is 0.706. The fraction of sp³-hybridized carbons (Fsp3) is 0.364. The van der Waals surface area contributed by atoms with Crippen LogP contribution in [-0.4, -0.2) is 0 Å². The molecule has 0 fully saturated rings. The Labute approximate surface area is 78.5 Å². The van der Waals surface area contributed by atoms with Crippen LogP contribution in [0.15, 0.2) is 18.2 Å². The predicted octanol–water partition coefficient (Wildman–Crippen LogP) is 2.92.